The highest BCUT2D eigenvalue weighted by Gasteiger charge is 2.37. The van der Waals surface area contributed by atoms with E-state index in [1.54, 1.807) is 43.2 Å². The van der Waals surface area contributed by atoms with Crippen molar-refractivity contribution in [3.05, 3.63) is 24.8 Å². The van der Waals surface area contributed by atoms with E-state index in [9.17, 15) is 9.90 Å². The quantitative estimate of drug-likeness (QED) is 0.747. The molecule has 0 fully saturated rings. The number of nitrogens with zero attached hydrogens (tertiary/aromatic N) is 7. The van der Waals surface area contributed by atoms with Gasteiger partial charge in [-0.1, -0.05) is 6.92 Å². The third-order valence-corrected chi connectivity index (χ3v) is 3.65. The number of carbonyl (C=O) groups is 1. The molecule has 0 amide bonds. The number of hydrogen-bond donors (Lipinski definition) is 1. The summed E-state index contributed by atoms with van der Waals surface area (Å²) in [6.07, 6.45) is 6.88. The van der Waals surface area contributed by atoms with Crippen molar-refractivity contribution in [1.29, 1.82) is 0 Å². The molecule has 0 spiro atoms. The zero-order valence-corrected chi connectivity index (χ0v) is 11.5. The number of hydrogen-bond acceptors (Lipinski definition) is 6. The average molecular weight is 287 g/mol. The molecule has 0 bridgehead atoms. The molecule has 0 aromatic carbocycles. The number of aliphatic carboxylic acids is 1. The van der Waals surface area contributed by atoms with Gasteiger partial charge in [-0.25, -0.2) is 14.0 Å². The van der Waals surface area contributed by atoms with Gasteiger partial charge in [0.1, 0.15) is 0 Å². The minimum atomic E-state index is -1.23. The molecule has 0 radical (unpaired) electrons. The highest BCUT2D eigenvalue weighted by Crippen LogP contribution is 2.28. The molecule has 1 atom stereocenters. The highest BCUT2D eigenvalue weighted by molar-refractivity contribution is 5.79. The van der Waals surface area contributed by atoms with Gasteiger partial charge >= 0.3 is 5.97 Å². The molecule has 3 heterocycles. The standard InChI is InChI=1S/C12H13N7O2/c1-3-12(2,11(20)21)19-10(15-16-17-19)8-6-14-18-5-4-13-7-9(8)18/h4-7H,3H2,1-2H3,(H,20,21). The number of carboxylic acids is 1. The Kier molecular flexibility index (Phi) is 2.89. The summed E-state index contributed by atoms with van der Waals surface area (Å²) in [6.45, 7) is 3.36. The van der Waals surface area contributed by atoms with Gasteiger partial charge in [0.15, 0.2) is 11.4 Å². The first kappa shape index (κ1) is 13.2. The molecule has 0 saturated heterocycles. The highest BCUT2D eigenvalue weighted by atomic mass is 16.4. The SMILES string of the molecule is CCC(C)(C(=O)O)n1nnnc1-c1cnn2ccncc12. The largest absolute Gasteiger partial charge is 0.479 e. The fourth-order valence-corrected chi connectivity index (χ4v) is 2.09. The lowest BCUT2D eigenvalue weighted by Gasteiger charge is -2.23. The lowest BCUT2D eigenvalue weighted by molar-refractivity contribution is -0.147. The summed E-state index contributed by atoms with van der Waals surface area (Å²) in [5, 5.41) is 25.1. The van der Waals surface area contributed by atoms with E-state index in [-0.39, 0.29) is 0 Å². The maximum absolute atomic E-state index is 11.6. The molecule has 3 rings (SSSR count). The molecule has 108 valence electrons. The zero-order chi connectivity index (χ0) is 15.0. The van der Waals surface area contributed by atoms with Gasteiger partial charge in [0.05, 0.1) is 23.5 Å². The Morgan fingerprint density at radius 1 is 1.43 bits per heavy atom. The van der Waals surface area contributed by atoms with Gasteiger partial charge in [0.25, 0.3) is 0 Å². The van der Waals surface area contributed by atoms with Gasteiger partial charge in [0.2, 0.25) is 0 Å². The Balaban J connectivity index is 2.22. The predicted octanol–water partition coefficient (Wildman–Crippen LogP) is 0.593. The normalized spacial score (nSPS) is 14.2. The summed E-state index contributed by atoms with van der Waals surface area (Å²) in [4.78, 5) is 15.6. The average Bonchev–Trinajstić information content (AvgIpc) is 3.12. The number of tetrazole rings is 1. The van der Waals surface area contributed by atoms with Crippen LogP contribution in [0.4, 0.5) is 0 Å². The monoisotopic (exact) mass is 287 g/mol. The molecular weight excluding hydrogens is 274 g/mol. The van der Waals surface area contributed by atoms with Crippen molar-refractivity contribution in [2.45, 2.75) is 25.8 Å². The van der Waals surface area contributed by atoms with Crippen LogP contribution in [0.1, 0.15) is 20.3 Å². The molecule has 0 saturated carbocycles. The molecule has 3 aromatic heterocycles. The van der Waals surface area contributed by atoms with Crippen LogP contribution in [0.25, 0.3) is 16.9 Å². The van der Waals surface area contributed by atoms with E-state index in [0.29, 0.717) is 23.3 Å². The first-order valence-electron chi connectivity index (χ1n) is 6.38. The Morgan fingerprint density at radius 3 is 2.95 bits per heavy atom. The van der Waals surface area contributed by atoms with Crippen LogP contribution in [0, 0.1) is 0 Å². The molecular formula is C12H13N7O2. The lowest BCUT2D eigenvalue weighted by atomic mass is 9.99. The number of fused-ring (bicyclic) bond motifs is 1. The minimum absolute atomic E-state index is 0.345. The van der Waals surface area contributed by atoms with E-state index in [2.05, 4.69) is 25.6 Å². The maximum Gasteiger partial charge on any atom is 0.331 e. The number of rotatable bonds is 4. The summed E-state index contributed by atoms with van der Waals surface area (Å²) in [5.41, 5.74) is 0.112. The van der Waals surface area contributed by atoms with E-state index in [1.807, 2.05) is 0 Å². The van der Waals surface area contributed by atoms with Crippen LogP contribution in [0.2, 0.25) is 0 Å². The van der Waals surface area contributed by atoms with Crippen LogP contribution < -0.4 is 0 Å². The topological polar surface area (TPSA) is 111 Å². The van der Waals surface area contributed by atoms with Gasteiger partial charge in [0, 0.05) is 12.4 Å². The molecule has 21 heavy (non-hydrogen) atoms. The van der Waals surface area contributed by atoms with Gasteiger partial charge < -0.3 is 5.11 Å². The summed E-state index contributed by atoms with van der Waals surface area (Å²) < 4.78 is 2.95. The Labute approximate surface area is 119 Å². The Morgan fingerprint density at radius 2 is 2.24 bits per heavy atom. The molecule has 9 nitrogen and oxygen atoms in total. The predicted molar refractivity (Wildman–Crippen MR) is 71.4 cm³/mol. The minimum Gasteiger partial charge on any atom is -0.479 e. The second kappa shape index (κ2) is 4.62. The van der Waals surface area contributed by atoms with Crippen molar-refractivity contribution in [3.63, 3.8) is 0 Å². The van der Waals surface area contributed by atoms with Gasteiger partial charge in [-0.2, -0.15) is 5.10 Å². The van der Waals surface area contributed by atoms with Crippen molar-refractivity contribution in [1.82, 2.24) is 34.8 Å². The van der Waals surface area contributed by atoms with Crippen LogP contribution in [0.5, 0.6) is 0 Å². The van der Waals surface area contributed by atoms with E-state index in [0.717, 1.165) is 0 Å². The first-order valence-corrected chi connectivity index (χ1v) is 6.38. The third kappa shape index (κ3) is 1.85. The van der Waals surface area contributed by atoms with Crippen molar-refractivity contribution in [2.24, 2.45) is 0 Å². The Hall–Kier alpha value is -2.84. The molecule has 0 aliphatic carbocycles. The second-order valence-electron chi connectivity index (χ2n) is 4.81. The van der Waals surface area contributed by atoms with E-state index >= 15 is 0 Å². The van der Waals surface area contributed by atoms with E-state index < -0.39 is 11.5 Å². The van der Waals surface area contributed by atoms with Gasteiger partial charge in [-0.05, 0) is 23.8 Å². The summed E-state index contributed by atoms with van der Waals surface area (Å²) in [5.74, 6) is -0.641. The molecule has 1 N–H and O–H groups in total. The molecule has 0 aliphatic rings. The molecule has 9 heteroatoms. The van der Waals surface area contributed by atoms with Gasteiger partial charge in [-0.15, -0.1) is 5.10 Å². The van der Waals surface area contributed by atoms with Crippen molar-refractivity contribution in [3.8, 4) is 11.4 Å². The maximum atomic E-state index is 11.6. The van der Waals surface area contributed by atoms with E-state index in [1.165, 1.54) is 4.68 Å². The molecule has 0 aliphatic heterocycles. The smallest absolute Gasteiger partial charge is 0.331 e. The number of aromatic nitrogens is 7. The summed E-state index contributed by atoms with van der Waals surface area (Å²) in [7, 11) is 0. The number of carboxylic acid groups (broad SMARTS) is 1. The molecule has 1 unspecified atom stereocenters. The first-order chi connectivity index (χ1) is 10.1. The van der Waals surface area contributed by atoms with Crippen LogP contribution in [0.3, 0.4) is 0 Å². The second-order valence-corrected chi connectivity index (χ2v) is 4.81. The van der Waals surface area contributed by atoms with Crippen molar-refractivity contribution in [2.75, 3.05) is 0 Å². The summed E-state index contributed by atoms with van der Waals surface area (Å²) in [6, 6.07) is 0. The van der Waals surface area contributed by atoms with Crippen molar-refractivity contribution < 1.29 is 9.90 Å². The van der Waals surface area contributed by atoms with Crippen LogP contribution in [-0.4, -0.2) is 45.9 Å². The van der Waals surface area contributed by atoms with Gasteiger partial charge in [-0.3, -0.25) is 4.98 Å². The Bertz CT molecular complexity index is 809. The zero-order valence-electron chi connectivity index (χ0n) is 11.5. The van der Waals surface area contributed by atoms with E-state index in [4.69, 9.17) is 0 Å². The fourth-order valence-electron chi connectivity index (χ4n) is 2.09. The molecule has 3 aromatic rings. The van der Waals surface area contributed by atoms with Crippen LogP contribution in [-0.2, 0) is 10.3 Å². The van der Waals surface area contributed by atoms with Crippen molar-refractivity contribution >= 4 is 11.5 Å². The summed E-state index contributed by atoms with van der Waals surface area (Å²) >= 11 is 0. The fraction of sp³-hybridized carbons (Fsp3) is 0.333. The van der Waals surface area contributed by atoms with Crippen LogP contribution >= 0.6 is 0 Å². The lowest BCUT2D eigenvalue weighted by Crippen LogP contribution is -2.39. The third-order valence-electron chi connectivity index (χ3n) is 3.65. The van der Waals surface area contributed by atoms with Crippen LogP contribution in [0.15, 0.2) is 24.8 Å².